The first-order valence-electron chi connectivity index (χ1n) is 7.15. The molecule has 1 amide bonds. The molecule has 0 radical (unpaired) electrons. The van der Waals surface area contributed by atoms with Crippen LogP contribution in [0.3, 0.4) is 0 Å². The third kappa shape index (κ3) is 2.82. The Hall–Kier alpha value is -0.570. The molecule has 2 saturated carbocycles. The van der Waals surface area contributed by atoms with Crippen LogP contribution in [0.2, 0.25) is 0 Å². The van der Waals surface area contributed by atoms with E-state index >= 15 is 0 Å². The van der Waals surface area contributed by atoms with Crippen molar-refractivity contribution in [1.29, 1.82) is 0 Å². The maximum absolute atomic E-state index is 12.5. The Kier molecular flexibility index (Phi) is 4.43. The van der Waals surface area contributed by atoms with Crippen molar-refractivity contribution in [3.63, 3.8) is 0 Å². The molecule has 0 aliphatic heterocycles. The molecule has 98 valence electrons. The summed E-state index contributed by atoms with van der Waals surface area (Å²) in [5.41, 5.74) is 0. The van der Waals surface area contributed by atoms with Crippen LogP contribution < -0.4 is 0 Å². The van der Waals surface area contributed by atoms with Gasteiger partial charge >= 0.3 is 0 Å². The molecule has 3 nitrogen and oxygen atoms in total. The van der Waals surface area contributed by atoms with E-state index in [0.717, 1.165) is 19.3 Å². The Morgan fingerprint density at radius 2 is 1.88 bits per heavy atom. The Labute approximate surface area is 104 Å². The highest BCUT2D eigenvalue weighted by molar-refractivity contribution is 5.79. The molecule has 0 aromatic carbocycles. The molecule has 2 atom stereocenters. The quantitative estimate of drug-likeness (QED) is 0.817. The zero-order chi connectivity index (χ0) is 12.3. The van der Waals surface area contributed by atoms with Gasteiger partial charge in [0.05, 0.1) is 6.61 Å². The molecule has 0 aromatic heterocycles. The molecule has 17 heavy (non-hydrogen) atoms. The lowest BCUT2D eigenvalue weighted by atomic mass is 9.95. The largest absolute Gasteiger partial charge is 0.395 e. The van der Waals surface area contributed by atoms with Crippen molar-refractivity contribution < 1.29 is 9.90 Å². The number of carbonyl (C=O) groups is 1. The second kappa shape index (κ2) is 5.85. The first-order valence-corrected chi connectivity index (χ1v) is 7.15. The average Bonchev–Trinajstić information content (AvgIpc) is 2.95. The standard InChI is InChI=1S/C14H25NO2/c1-11-5-4-8-13(11)14(17)15(9-10-16)12-6-2-3-7-12/h11-13,16H,2-10H2,1H3. The Morgan fingerprint density at radius 3 is 2.41 bits per heavy atom. The van der Waals surface area contributed by atoms with Crippen LogP contribution in [0, 0.1) is 11.8 Å². The summed E-state index contributed by atoms with van der Waals surface area (Å²) in [5.74, 6) is 1.07. The van der Waals surface area contributed by atoms with Crippen LogP contribution in [-0.4, -0.2) is 35.1 Å². The van der Waals surface area contributed by atoms with Gasteiger partial charge < -0.3 is 10.0 Å². The van der Waals surface area contributed by atoms with E-state index in [-0.39, 0.29) is 12.5 Å². The van der Waals surface area contributed by atoms with Gasteiger partial charge in [0.1, 0.15) is 0 Å². The van der Waals surface area contributed by atoms with Crippen molar-refractivity contribution in [3.05, 3.63) is 0 Å². The summed E-state index contributed by atoms with van der Waals surface area (Å²) < 4.78 is 0. The van der Waals surface area contributed by atoms with Gasteiger partial charge in [0.25, 0.3) is 0 Å². The summed E-state index contributed by atoms with van der Waals surface area (Å²) in [4.78, 5) is 14.5. The number of aliphatic hydroxyl groups is 1. The first kappa shape index (κ1) is 12.9. The van der Waals surface area contributed by atoms with Crippen LogP contribution in [0.1, 0.15) is 51.9 Å². The van der Waals surface area contributed by atoms with Gasteiger partial charge in [-0.1, -0.05) is 26.2 Å². The fourth-order valence-corrected chi connectivity index (χ4v) is 3.52. The molecule has 3 heteroatoms. The molecule has 0 bridgehead atoms. The molecule has 1 N–H and O–H groups in total. The number of hydrogen-bond acceptors (Lipinski definition) is 2. The molecule has 0 heterocycles. The van der Waals surface area contributed by atoms with Gasteiger partial charge in [-0.25, -0.2) is 0 Å². The van der Waals surface area contributed by atoms with E-state index in [1.807, 2.05) is 4.90 Å². The van der Waals surface area contributed by atoms with E-state index in [1.54, 1.807) is 0 Å². The minimum Gasteiger partial charge on any atom is -0.395 e. The van der Waals surface area contributed by atoms with E-state index < -0.39 is 0 Å². The number of aliphatic hydroxyl groups excluding tert-OH is 1. The zero-order valence-electron chi connectivity index (χ0n) is 10.9. The molecular formula is C14H25NO2. The summed E-state index contributed by atoms with van der Waals surface area (Å²) in [5, 5.41) is 9.16. The van der Waals surface area contributed by atoms with Crippen molar-refractivity contribution in [3.8, 4) is 0 Å². The number of hydrogen-bond donors (Lipinski definition) is 1. The lowest BCUT2D eigenvalue weighted by Crippen LogP contribution is -2.44. The summed E-state index contributed by atoms with van der Waals surface area (Å²) in [7, 11) is 0. The molecular weight excluding hydrogens is 214 g/mol. The van der Waals surface area contributed by atoms with E-state index in [1.165, 1.54) is 25.7 Å². The predicted octanol–water partition coefficient (Wildman–Crippen LogP) is 2.19. The van der Waals surface area contributed by atoms with Gasteiger partial charge in [-0.2, -0.15) is 0 Å². The van der Waals surface area contributed by atoms with Gasteiger partial charge in [-0.15, -0.1) is 0 Å². The van der Waals surface area contributed by atoms with Crippen molar-refractivity contribution in [2.45, 2.75) is 57.9 Å². The van der Waals surface area contributed by atoms with Crippen LogP contribution in [0.5, 0.6) is 0 Å². The lowest BCUT2D eigenvalue weighted by molar-refractivity contribution is -0.139. The first-order chi connectivity index (χ1) is 8.24. The van der Waals surface area contributed by atoms with Gasteiger partial charge in [-0.05, 0) is 31.6 Å². The molecule has 0 aromatic rings. The Bertz CT molecular complexity index is 261. The van der Waals surface area contributed by atoms with Crippen LogP contribution in [0.15, 0.2) is 0 Å². The van der Waals surface area contributed by atoms with Crippen molar-refractivity contribution in [2.75, 3.05) is 13.2 Å². The fraction of sp³-hybridized carbons (Fsp3) is 0.929. The molecule has 2 rings (SSSR count). The molecule has 0 saturated heterocycles. The van der Waals surface area contributed by atoms with Crippen molar-refractivity contribution in [1.82, 2.24) is 4.90 Å². The third-order valence-corrected chi connectivity index (χ3v) is 4.57. The van der Waals surface area contributed by atoms with Crippen molar-refractivity contribution in [2.24, 2.45) is 11.8 Å². The Morgan fingerprint density at radius 1 is 1.18 bits per heavy atom. The maximum Gasteiger partial charge on any atom is 0.226 e. The van der Waals surface area contributed by atoms with E-state index in [2.05, 4.69) is 6.92 Å². The number of amides is 1. The van der Waals surface area contributed by atoms with Gasteiger partial charge in [0.2, 0.25) is 5.91 Å². The summed E-state index contributed by atoms with van der Waals surface area (Å²) in [6.45, 7) is 2.83. The number of rotatable bonds is 4. The van der Waals surface area contributed by atoms with E-state index in [0.29, 0.717) is 24.4 Å². The lowest BCUT2D eigenvalue weighted by Gasteiger charge is -2.32. The SMILES string of the molecule is CC1CCCC1C(=O)N(CCO)C1CCCC1. The van der Waals surface area contributed by atoms with Gasteiger partial charge in [0.15, 0.2) is 0 Å². The maximum atomic E-state index is 12.5. The summed E-state index contributed by atoms with van der Waals surface area (Å²) in [6.07, 6.45) is 8.16. The van der Waals surface area contributed by atoms with Gasteiger partial charge in [-0.3, -0.25) is 4.79 Å². The highest BCUT2D eigenvalue weighted by Gasteiger charge is 2.35. The highest BCUT2D eigenvalue weighted by Crippen LogP contribution is 2.34. The second-order valence-corrected chi connectivity index (χ2v) is 5.71. The third-order valence-electron chi connectivity index (χ3n) is 4.57. The highest BCUT2D eigenvalue weighted by atomic mass is 16.3. The van der Waals surface area contributed by atoms with Crippen LogP contribution in [-0.2, 0) is 4.79 Å². The zero-order valence-corrected chi connectivity index (χ0v) is 10.9. The minimum absolute atomic E-state index is 0.101. The van der Waals surface area contributed by atoms with Crippen LogP contribution >= 0.6 is 0 Å². The summed E-state index contributed by atoms with van der Waals surface area (Å²) >= 11 is 0. The molecule has 0 spiro atoms. The molecule has 2 aliphatic carbocycles. The van der Waals surface area contributed by atoms with Crippen molar-refractivity contribution >= 4 is 5.91 Å². The minimum atomic E-state index is 0.101. The summed E-state index contributed by atoms with van der Waals surface area (Å²) in [6, 6.07) is 0.405. The molecule has 2 fully saturated rings. The Balaban J connectivity index is 2.01. The number of carbonyl (C=O) groups excluding carboxylic acids is 1. The second-order valence-electron chi connectivity index (χ2n) is 5.71. The molecule has 2 unspecified atom stereocenters. The van der Waals surface area contributed by atoms with Gasteiger partial charge in [0, 0.05) is 18.5 Å². The van der Waals surface area contributed by atoms with Crippen LogP contribution in [0.4, 0.5) is 0 Å². The number of nitrogens with zero attached hydrogens (tertiary/aromatic N) is 1. The fourth-order valence-electron chi connectivity index (χ4n) is 3.52. The normalized spacial score (nSPS) is 29.8. The monoisotopic (exact) mass is 239 g/mol. The smallest absolute Gasteiger partial charge is 0.226 e. The van der Waals surface area contributed by atoms with E-state index in [9.17, 15) is 4.79 Å². The van der Waals surface area contributed by atoms with E-state index in [4.69, 9.17) is 5.11 Å². The predicted molar refractivity (Wildman–Crippen MR) is 67.6 cm³/mol. The van der Waals surface area contributed by atoms with Crippen LogP contribution in [0.25, 0.3) is 0 Å². The topological polar surface area (TPSA) is 40.5 Å². The molecule has 2 aliphatic rings. The average molecular weight is 239 g/mol.